The maximum atomic E-state index is 3.69. The van der Waals surface area contributed by atoms with Crippen LogP contribution in [0.4, 0.5) is 5.69 Å². The first-order chi connectivity index (χ1) is 9.90. The molecule has 3 aliphatic rings. The molecule has 0 aromatic heterocycles. The van der Waals surface area contributed by atoms with Gasteiger partial charge in [-0.05, 0) is 34.6 Å². The first kappa shape index (κ1) is 11.0. The topological polar surface area (TPSA) is 12.0 Å². The summed E-state index contributed by atoms with van der Waals surface area (Å²) >= 11 is 1.97. The van der Waals surface area contributed by atoms with Gasteiger partial charge in [0.05, 0.1) is 6.04 Å². The molecule has 0 fully saturated rings. The number of para-hydroxylation sites is 1. The van der Waals surface area contributed by atoms with E-state index in [9.17, 15) is 0 Å². The SMILES string of the molecule is C1=C2Sc3ccccc3C2CC2c3ccccc3NC12. The van der Waals surface area contributed by atoms with E-state index in [2.05, 4.69) is 59.9 Å². The summed E-state index contributed by atoms with van der Waals surface area (Å²) in [4.78, 5) is 3.00. The fraction of sp³-hybridized carbons (Fsp3) is 0.222. The molecule has 2 aromatic carbocycles. The highest BCUT2D eigenvalue weighted by Crippen LogP contribution is 2.57. The molecule has 0 radical (unpaired) electrons. The Morgan fingerprint density at radius 1 is 0.950 bits per heavy atom. The van der Waals surface area contributed by atoms with E-state index in [0.717, 1.165) is 0 Å². The molecule has 0 amide bonds. The summed E-state index contributed by atoms with van der Waals surface area (Å²) in [6, 6.07) is 18.2. The van der Waals surface area contributed by atoms with Gasteiger partial charge in [0.1, 0.15) is 0 Å². The lowest BCUT2D eigenvalue weighted by Gasteiger charge is -2.28. The molecule has 0 bridgehead atoms. The summed E-state index contributed by atoms with van der Waals surface area (Å²) in [5.74, 6) is 1.25. The van der Waals surface area contributed by atoms with Crippen LogP contribution in [0.25, 0.3) is 0 Å². The molecule has 3 unspecified atom stereocenters. The lowest BCUT2D eigenvalue weighted by Crippen LogP contribution is -2.24. The lowest BCUT2D eigenvalue weighted by atomic mass is 9.78. The molecule has 1 aliphatic carbocycles. The van der Waals surface area contributed by atoms with Gasteiger partial charge in [0.2, 0.25) is 0 Å². The Labute approximate surface area is 123 Å². The summed E-state index contributed by atoms with van der Waals surface area (Å²) in [6.45, 7) is 0. The molecule has 1 nitrogen and oxygen atoms in total. The van der Waals surface area contributed by atoms with Crippen molar-refractivity contribution >= 4 is 17.4 Å². The van der Waals surface area contributed by atoms with Gasteiger partial charge in [-0.15, -0.1) is 0 Å². The largest absolute Gasteiger partial charge is 0.378 e. The molecule has 2 heterocycles. The Morgan fingerprint density at radius 2 is 1.75 bits per heavy atom. The quantitative estimate of drug-likeness (QED) is 0.746. The minimum Gasteiger partial charge on any atom is -0.378 e. The molecular formula is C18H15NS. The molecule has 20 heavy (non-hydrogen) atoms. The van der Waals surface area contributed by atoms with Crippen molar-refractivity contribution in [2.45, 2.75) is 29.2 Å². The molecule has 2 aliphatic heterocycles. The second-order valence-electron chi connectivity index (χ2n) is 5.86. The Bertz CT molecular complexity index is 734. The predicted octanol–water partition coefficient (Wildman–Crippen LogP) is 4.74. The van der Waals surface area contributed by atoms with Gasteiger partial charge >= 0.3 is 0 Å². The summed E-state index contributed by atoms with van der Waals surface area (Å²) in [5, 5.41) is 3.69. The Kier molecular flexibility index (Phi) is 2.16. The Morgan fingerprint density at radius 3 is 2.70 bits per heavy atom. The zero-order valence-corrected chi connectivity index (χ0v) is 11.9. The number of anilines is 1. The van der Waals surface area contributed by atoms with Crippen LogP contribution in [0.1, 0.15) is 29.4 Å². The van der Waals surface area contributed by atoms with Crippen LogP contribution in [0.5, 0.6) is 0 Å². The standard InChI is InChI=1S/C18H15NS/c1-3-7-15-11(5-1)13-9-14-12-6-2-4-8-17(12)20-18(14)10-16(13)19-15/h1-8,10,13-14,16,19H,9H2. The van der Waals surface area contributed by atoms with Gasteiger partial charge in [-0.2, -0.15) is 0 Å². The van der Waals surface area contributed by atoms with Crippen LogP contribution in [0.3, 0.4) is 0 Å². The molecule has 98 valence electrons. The lowest BCUT2D eigenvalue weighted by molar-refractivity contribution is 0.547. The summed E-state index contributed by atoms with van der Waals surface area (Å²) in [5.41, 5.74) is 4.37. The van der Waals surface area contributed by atoms with Gasteiger partial charge < -0.3 is 5.32 Å². The first-order valence-corrected chi connectivity index (χ1v) is 8.06. The summed E-state index contributed by atoms with van der Waals surface area (Å²) in [7, 11) is 0. The maximum Gasteiger partial charge on any atom is 0.0525 e. The predicted molar refractivity (Wildman–Crippen MR) is 84.3 cm³/mol. The second-order valence-corrected chi connectivity index (χ2v) is 6.98. The van der Waals surface area contributed by atoms with Gasteiger partial charge in [0, 0.05) is 22.4 Å². The van der Waals surface area contributed by atoms with Crippen LogP contribution in [0.15, 0.2) is 64.4 Å². The normalized spacial score (nSPS) is 28.8. The summed E-state index contributed by atoms with van der Waals surface area (Å²) in [6.07, 6.45) is 3.72. The van der Waals surface area contributed by atoms with Gasteiger partial charge in [-0.25, -0.2) is 0 Å². The minimum atomic E-state index is 0.487. The van der Waals surface area contributed by atoms with E-state index in [4.69, 9.17) is 0 Å². The van der Waals surface area contributed by atoms with E-state index in [1.54, 1.807) is 4.91 Å². The molecule has 0 saturated heterocycles. The van der Waals surface area contributed by atoms with Crippen molar-refractivity contribution in [1.82, 2.24) is 0 Å². The Hall–Kier alpha value is -1.67. The minimum absolute atomic E-state index is 0.487. The number of benzene rings is 2. The molecule has 3 atom stereocenters. The zero-order chi connectivity index (χ0) is 13.1. The smallest absolute Gasteiger partial charge is 0.0525 e. The highest BCUT2D eigenvalue weighted by Gasteiger charge is 2.41. The maximum absolute atomic E-state index is 3.69. The molecule has 0 spiro atoms. The average Bonchev–Trinajstić information content (AvgIpc) is 3.02. The van der Waals surface area contributed by atoms with E-state index in [1.165, 1.54) is 28.1 Å². The fourth-order valence-electron chi connectivity index (χ4n) is 3.89. The van der Waals surface area contributed by atoms with Gasteiger partial charge in [-0.3, -0.25) is 0 Å². The third-order valence-electron chi connectivity index (χ3n) is 4.82. The van der Waals surface area contributed by atoms with Crippen molar-refractivity contribution in [1.29, 1.82) is 0 Å². The van der Waals surface area contributed by atoms with Gasteiger partial charge in [-0.1, -0.05) is 54.2 Å². The molecule has 1 N–H and O–H groups in total. The highest BCUT2D eigenvalue weighted by molar-refractivity contribution is 8.03. The first-order valence-electron chi connectivity index (χ1n) is 7.24. The highest BCUT2D eigenvalue weighted by atomic mass is 32.2. The van der Waals surface area contributed by atoms with Crippen LogP contribution >= 0.6 is 11.8 Å². The molecule has 2 heteroatoms. The van der Waals surface area contributed by atoms with Crippen molar-refractivity contribution in [3.8, 4) is 0 Å². The van der Waals surface area contributed by atoms with Crippen LogP contribution < -0.4 is 5.32 Å². The van der Waals surface area contributed by atoms with E-state index in [0.29, 0.717) is 17.9 Å². The number of thioether (sulfide) groups is 1. The number of fused-ring (bicyclic) bond motifs is 6. The van der Waals surface area contributed by atoms with Crippen molar-refractivity contribution in [2.75, 3.05) is 5.32 Å². The van der Waals surface area contributed by atoms with Crippen LogP contribution in [0.2, 0.25) is 0 Å². The van der Waals surface area contributed by atoms with E-state index < -0.39 is 0 Å². The molecule has 5 rings (SSSR count). The number of rotatable bonds is 0. The van der Waals surface area contributed by atoms with Crippen molar-refractivity contribution in [2.24, 2.45) is 0 Å². The molecule has 0 saturated carbocycles. The number of hydrogen-bond donors (Lipinski definition) is 1. The third kappa shape index (κ3) is 1.40. The van der Waals surface area contributed by atoms with Crippen LogP contribution in [-0.2, 0) is 0 Å². The zero-order valence-electron chi connectivity index (χ0n) is 11.0. The van der Waals surface area contributed by atoms with Gasteiger partial charge in [0.15, 0.2) is 0 Å². The van der Waals surface area contributed by atoms with Crippen LogP contribution in [-0.4, -0.2) is 6.04 Å². The second kappa shape index (κ2) is 3.92. The number of hydrogen-bond acceptors (Lipinski definition) is 2. The van der Waals surface area contributed by atoms with Crippen molar-refractivity contribution in [3.05, 3.63) is 70.6 Å². The van der Waals surface area contributed by atoms with E-state index >= 15 is 0 Å². The van der Waals surface area contributed by atoms with E-state index in [1.807, 2.05) is 11.8 Å². The number of nitrogens with one attached hydrogen (secondary N) is 1. The van der Waals surface area contributed by atoms with Crippen LogP contribution in [0, 0.1) is 0 Å². The third-order valence-corrected chi connectivity index (χ3v) is 6.06. The van der Waals surface area contributed by atoms with Crippen molar-refractivity contribution < 1.29 is 0 Å². The van der Waals surface area contributed by atoms with Crippen molar-refractivity contribution in [3.63, 3.8) is 0 Å². The fourth-order valence-corrected chi connectivity index (χ4v) is 5.20. The average molecular weight is 277 g/mol. The monoisotopic (exact) mass is 277 g/mol. The van der Waals surface area contributed by atoms with E-state index in [-0.39, 0.29) is 0 Å². The Balaban J connectivity index is 1.61. The molecular weight excluding hydrogens is 262 g/mol. The molecule has 2 aromatic rings. The number of allylic oxidation sites excluding steroid dienone is 1. The van der Waals surface area contributed by atoms with Gasteiger partial charge in [0.25, 0.3) is 0 Å². The summed E-state index contributed by atoms with van der Waals surface area (Å²) < 4.78 is 0.